The zero-order valence-electron chi connectivity index (χ0n) is 17.1. The Balaban J connectivity index is 1.82. The van der Waals surface area contributed by atoms with Crippen LogP contribution in [0.1, 0.15) is 57.9 Å². The molecule has 0 saturated heterocycles. The van der Waals surface area contributed by atoms with Crippen molar-refractivity contribution in [3.05, 3.63) is 106 Å². The molecule has 166 valence electrons. The molecular weight excluding hydrogens is 428 g/mol. The number of carbonyl (C=O) groups excluding carboxylic acids is 2. The van der Waals surface area contributed by atoms with Gasteiger partial charge in [-0.25, -0.2) is 27.2 Å². The van der Waals surface area contributed by atoms with E-state index >= 15 is 0 Å². The summed E-state index contributed by atoms with van der Waals surface area (Å²) < 4.78 is 66.2. The van der Waals surface area contributed by atoms with Crippen LogP contribution in [0.4, 0.5) is 17.6 Å². The van der Waals surface area contributed by atoms with E-state index in [1.54, 1.807) is 0 Å². The van der Waals surface area contributed by atoms with Crippen LogP contribution in [0, 0.1) is 23.3 Å². The molecule has 0 saturated carbocycles. The summed E-state index contributed by atoms with van der Waals surface area (Å²) in [5.74, 6) is -5.62. The van der Waals surface area contributed by atoms with E-state index in [9.17, 15) is 27.2 Å². The molecule has 3 rings (SSSR count). The van der Waals surface area contributed by atoms with Gasteiger partial charge in [0.15, 0.2) is 0 Å². The molecule has 0 amide bonds. The van der Waals surface area contributed by atoms with Gasteiger partial charge < -0.3 is 9.47 Å². The number of esters is 2. The molecule has 2 unspecified atom stereocenters. The highest BCUT2D eigenvalue weighted by atomic mass is 19.1. The van der Waals surface area contributed by atoms with E-state index in [2.05, 4.69) is 0 Å². The van der Waals surface area contributed by atoms with E-state index in [0.717, 1.165) is 24.3 Å². The largest absolute Gasteiger partial charge is 0.454 e. The molecule has 0 N–H and O–H groups in total. The van der Waals surface area contributed by atoms with Gasteiger partial charge in [0.1, 0.15) is 35.5 Å². The fourth-order valence-electron chi connectivity index (χ4n) is 3.20. The first-order valence-electron chi connectivity index (χ1n) is 9.59. The highest BCUT2D eigenvalue weighted by molar-refractivity contribution is 6.03. The monoisotopic (exact) mass is 446 g/mol. The lowest BCUT2D eigenvalue weighted by atomic mass is 10.1. The van der Waals surface area contributed by atoms with Crippen molar-refractivity contribution in [1.82, 2.24) is 0 Å². The Morgan fingerprint density at radius 2 is 0.906 bits per heavy atom. The summed E-state index contributed by atoms with van der Waals surface area (Å²) in [4.78, 5) is 25.3. The van der Waals surface area contributed by atoms with Crippen molar-refractivity contribution >= 4 is 11.9 Å². The summed E-state index contributed by atoms with van der Waals surface area (Å²) in [6, 6.07) is 11.9. The van der Waals surface area contributed by atoms with Gasteiger partial charge in [0, 0.05) is 0 Å². The second kappa shape index (κ2) is 9.64. The zero-order chi connectivity index (χ0) is 23.4. The third kappa shape index (κ3) is 4.80. The molecule has 0 fully saturated rings. The molecular formula is C24H18F4O4. The molecule has 32 heavy (non-hydrogen) atoms. The molecule has 0 aromatic heterocycles. The van der Waals surface area contributed by atoms with Crippen molar-refractivity contribution in [2.45, 2.75) is 26.1 Å². The smallest absolute Gasteiger partial charge is 0.339 e. The molecule has 0 aliphatic carbocycles. The Morgan fingerprint density at radius 1 is 0.594 bits per heavy atom. The number of carbonyl (C=O) groups is 2. The van der Waals surface area contributed by atoms with Crippen molar-refractivity contribution < 1.29 is 36.6 Å². The maximum atomic E-state index is 14.0. The lowest BCUT2D eigenvalue weighted by Gasteiger charge is -2.18. The second-order valence-electron chi connectivity index (χ2n) is 6.91. The third-order valence-electron chi connectivity index (χ3n) is 4.75. The van der Waals surface area contributed by atoms with Crippen LogP contribution in [0.25, 0.3) is 0 Å². The summed E-state index contributed by atoms with van der Waals surface area (Å²) in [6.45, 7) is 2.56. The highest BCUT2D eigenvalue weighted by Gasteiger charge is 2.26. The summed E-state index contributed by atoms with van der Waals surface area (Å²) >= 11 is 0. The minimum atomic E-state index is -1.29. The van der Waals surface area contributed by atoms with Gasteiger partial charge in [-0.1, -0.05) is 24.3 Å². The van der Waals surface area contributed by atoms with E-state index in [1.165, 1.54) is 50.2 Å². The van der Waals surface area contributed by atoms with Crippen LogP contribution in [-0.2, 0) is 9.47 Å². The Hall–Kier alpha value is -3.68. The van der Waals surface area contributed by atoms with Crippen molar-refractivity contribution in [3.8, 4) is 0 Å². The van der Waals surface area contributed by atoms with E-state index in [0.29, 0.717) is 0 Å². The number of hydrogen-bond donors (Lipinski definition) is 0. The molecule has 0 aliphatic rings. The van der Waals surface area contributed by atoms with Gasteiger partial charge in [0.05, 0.1) is 22.3 Å². The summed E-state index contributed by atoms with van der Waals surface area (Å²) in [7, 11) is 0. The van der Waals surface area contributed by atoms with E-state index in [1.807, 2.05) is 0 Å². The van der Waals surface area contributed by atoms with Gasteiger partial charge in [0.2, 0.25) is 0 Å². The average molecular weight is 446 g/mol. The Bertz CT molecular complexity index is 1030. The average Bonchev–Trinajstić information content (AvgIpc) is 2.73. The number of ether oxygens (including phenoxy) is 2. The van der Waals surface area contributed by atoms with Crippen molar-refractivity contribution in [3.63, 3.8) is 0 Å². The molecule has 0 spiro atoms. The summed E-state index contributed by atoms with van der Waals surface area (Å²) in [5.41, 5.74) is -1.35. The molecule has 0 heterocycles. The number of halogens is 4. The van der Waals surface area contributed by atoms with Crippen LogP contribution < -0.4 is 0 Å². The van der Waals surface area contributed by atoms with Gasteiger partial charge in [-0.15, -0.1) is 0 Å². The highest BCUT2D eigenvalue weighted by Crippen LogP contribution is 2.27. The molecule has 0 bridgehead atoms. The van der Waals surface area contributed by atoms with Gasteiger partial charge in [-0.05, 0) is 50.2 Å². The molecule has 3 aromatic rings. The molecule has 0 radical (unpaired) electrons. The van der Waals surface area contributed by atoms with Crippen molar-refractivity contribution in [1.29, 1.82) is 0 Å². The third-order valence-corrected chi connectivity index (χ3v) is 4.75. The minimum Gasteiger partial charge on any atom is -0.454 e. The van der Waals surface area contributed by atoms with Crippen molar-refractivity contribution in [2.24, 2.45) is 0 Å². The van der Waals surface area contributed by atoms with Gasteiger partial charge in [-0.3, -0.25) is 0 Å². The SMILES string of the molecule is CC(OC(=O)c1ccccc1C(=O)OC(C)c1c(F)cccc1F)c1c(F)cccc1F. The quantitative estimate of drug-likeness (QED) is 0.340. The first kappa shape index (κ1) is 23.0. The lowest BCUT2D eigenvalue weighted by Crippen LogP contribution is -2.18. The van der Waals surface area contributed by atoms with Crippen molar-refractivity contribution in [2.75, 3.05) is 0 Å². The van der Waals surface area contributed by atoms with Gasteiger partial charge in [0.25, 0.3) is 0 Å². The topological polar surface area (TPSA) is 52.6 Å². The maximum Gasteiger partial charge on any atom is 0.339 e. The van der Waals surface area contributed by atoms with Crippen LogP contribution >= 0.6 is 0 Å². The standard InChI is InChI=1S/C24H18F4O4/c1-13(21-17(25)9-5-10-18(21)26)31-23(29)15-7-3-4-8-16(15)24(30)32-14(2)22-19(27)11-6-12-20(22)28/h3-14H,1-2H3. The van der Waals surface area contributed by atoms with Gasteiger partial charge in [-0.2, -0.15) is 0 Å². The molecule has 2 atom stereocenters. The predicted octanol–water partition coefficient (Wildman–Crippen LogP) is 6.08. The van der Waals surface area contributed by atoms with Crippen LogP contribution in [-0.4, -0.2) is 11.9 Å². The Kier molecular flexibility index (Phi) is 6.92. The summed E-state index contributed by atoms with van der Waals surface area (Å²) in [5, 5.41) is 0. The zero-order valence-corrected chi connectivity index (χ0v) is 17.1. The lowest BCUT2D eigenvalue weighted by molar-refractivity contribution is 0.0274. The Labute approximate surface area is 181 Å². The van der Waals surface area contributed by atoms with Crippen LogP contribution in [0.5, 0.6) is 0 Å². The molecule has 8 heteroatoms. The first-order chi connectivity index (χ1) is 15.2. The normalized spacial score (nSPS) is 12.7. The van der Waals surface area contributed by atoms with E-state index < -0.39 is 58.5 Å². The second-order valence-corrected chi connectivity index (χ2v) is 6.91. The van der Waals surface area contributed by atoms with Crippen LogP contribution in [0.2, 0.25) is 0 Å². The van der Waals surface area contributed by atoms with Crippen LogP contribution in [0.3, 0.4) is 0 Å². The van der Waals surface area contributed by atoms with Crippen LogP contribution in [0.15, 0.2) is 60.7 Å². The first-order valence-corrected chi connectivity index (χ1v) is 9.59. The van der Waals surface area contributed by atoms with E-state index in [-0.39, 0.29) is 11.1 Å². The fourth-order valence-corrected chi connectivity index (χ4v) is 3.20. The predicted molar refractivity (Wildman–Crippen MR) is 107 cm³/mol. The fraction of sp³-hybridized carbons (Fsp3) is 0.167. The molecule has 3 aromatic carbocycles. The number of rotatable bonds is 6. The number of hydrogen-bond acceptors (Lipinski definition) is 4. The molecule has 0 aliphatic heterocycles. The van der Waals surface area contributed by atoms with Gasteiger partial charge >= 0.3 is 11.9 Å². The summed E-state index contributed by atoms with van der Waals surface area (Å²) in [6.07, 6.45) is -2.58. The number of benzene rings is 3. The van der Waals surface area contributed by atoms with E-state index in [4.69, 9.17) is 9.47 Å². The molecule has 4 nitrogen and oxygen atoms in total. The minimum absolute atomic E-state index is 0.234. The Morgan fingerprint density at radius 3 is 1.22 bits per heavy atom. The maximum absolute atomic E-state index is 14.0.